The van der Waals surface area contributed by atoms with Crippen molar-refractivity contribution in [3.05, 3.63) is 0 Å². The predicted molar refractivity (Wildman–Crippen MR) is 71.6 cm³/mol. The SMILES string of the molecule is CC(C)CCOCCNC1CC(=O)N(C2CC2)C1=O. The largest absolute Gasteiger partial charge is 0.380 e. The molecule has 1 unspecified atom stereocenters. The van der Waals surface area contributed by atoms with Crippen molar-refractivity contribution in [2.24, 2.45) is 5.92 Å². The van der Waals surface area contributed by atoms with E-state index in [1.54, 1.807) is 0 Å². The van der Waals surface area contributed by atoms with Gasteiger partial charge in [0.15, 0.2) is 0 Å². The first-order chi connectivity index (χ1) is 9.09. The zero-order valence-electron chi connectivity index (χ0n) is 11.9. The summed E-state index contributed by atoms with van der Waals surface area (Å²) in [6.45, 7) is 6.30. The molecule has 1 aliphatic carbocycles. The van der Waals surface area contributed by atoms with Crippen LogP contribution >= 0.6 is 0 Å². The van der Waals surface area contributed by atoms with E-state index < -0.39 is 0 Å². The number of rotatable bonds is 8. The van der Waals surface area contributed by atoms with Gasteiger partial charge in [-0.15, -0.1) is 0 Å². The lowest BCUT2D eigenvalue weighted by Crippen LogP contribution is -2.40. The van der Waals surface area contributed by atoms with Gasteiger partial charge in [0.1, 0.15) is 0 Å². The molecule has 0 radical (unpaired) electrons. The minimum atomic E-state index is -0.332. The van der Waals surface area contributed by atoms with Gasteiger partial charge < -0.3 is 10.1 Å². The molecule has 0 aromatic rings. The van der Waals surface area contributed by atoms with E-state index >= 15 is 0 Å². The molecular formula is C14H24N2O3. The number of ether oxygens (including phenoxy) is 1. The summed E-state index contributed by atoms with van der Waals surface area (Å²) in [4.78, 5) is 25.2. The molecule has 2 amide bonds. The van der Waals surface area contributed by atoms with Crippen LogP contribution in [0.2, 0.25) is 0 Å². The zero-order chi connectivity index (χ0) is 13.8. The van der Waals surface area contributed by atoms with Gasteiger partial charge in [-0.25, -0.2) is 0 Å². The highest BCUT2D eigenvalue weighted by Crippen LogP contribution is 2.31. The maximum atomic E-state index is 12.0. The van der Waals surface area contributed by atoms with E-state index in [2.05, 4.69) is 19.2 Å². The predicted octanol–water partition coefficient (Wildman–Crippen LogP) is 0.929. The van der Waals surface area contributed by atoms with Gasteiger partial charge in [0.25, 0.3) is 0 Å². The first kappa shape index (κ1) is 14.5. The first-order valence-corrected chi connectivity index (χ1v) is 7.26. The van der Waals surface area contributed by atoms with Gasteiger partial charge >= 0.3 is 0 Å². The summed E-state index contributed by atoms with van der Waals surface area (Å²) in [5.41, 5.74) is 0. The Kier molecular flexibility index (Phi) is 4.93. The van der Waals surface area contributed by atoms with Gasteiger partial charge in [-0.3, -0.25) is 14.5 Å². The van der Waals surface area contributed by atoms with E-state index in [1.165, 1.54) is 4.90 Å². The van der Waals surface area contributed by atoms with Gasteiger partial charge in [-0.1, -0.05) is 13.8 Å². The summed E-state index contributed by atoms with van der Waals surface area (Å²) in [5.74, 6) is 0.578. The van der Waals surface area contributed by atoms with Gasteiger partial charge in [0, 0.05) is 19.2 Å². The van der Waals surface area contributed by atoms with E-state index in [4.69, 9.17) is 4.74 Å². The number of carbonyl (C=O) groups is 2. The normalized spacial score (nSPS) is 23.7. The van der Waals surface area contributed by atoms with E-state index in [9.17, 15) is 9.59 Å². The standard InChI is InChI=1S/C14H24N2O3/c1-10(2)5-7-19-8-6-15-12-9-13(17)16(14(12)18)11-3-4-11/h10-12,15H,3-9H2,1-2H3. The lowest BCUT2D eigenvalue weighted by Gasteiger charge is -2.14. The summed E-state index contributed by atoms with van der Waals surface area (Å²) in [6, 6.07) is -0.143. The summed E-state index contributed by atoms with van der Waals surface area (Å²) in [7, 11) is 0. The van der Waals surface area contributed by atoms with Gasteiger partial charge in [0.05, 0.1) is 19.1 Å². The van der Waals surface area contributed by atoms with Crippen LogP contribution in [0, 0.1) is 5.92 Å². The second-order valence-electron chi connectivity index (χ2n) is 5.84. The van der Waals surface area contributed by atoms with E-state index in [0.29, 0.717) is 25.5 Å². The fourth-order valence-corrected chi connectivity index (χ4v) is 2.25. The highest BCUT2D eigenvalue weighted by molar-refractivity contribution is 6.06. The summed E-state index contributed by atoms with van der Waals surface area (Å²) < 4.78 is 5.48. The Hall–Kier alpha value is -0.940. The van der Waals surface area contributed by atoms with Crippen LogP contribution in [-0.4, -0.2) is 48.6 Å². The number of nitrogens with one attached hydrogen (secondary N) is 1. The van der Waals surface area contributed by atoms with Crippen molar-refractivity contribution < 1.29 is 14.3 Å². The van der Waals surface area contributed by atoms with Crippen LogP contribution in [0.1, 0.15) is 39.5 Å². The molecular weight excluding hydrogens is 244 g/mol. The summed E-state index contributed by atoms with van der Waals surface area (Å²) >= 11 is 0. The molecule has 0 spiro atoms. The molecule has 1 aliphatic heterocycles. The molecule has 0 bridgehead atoms. The lowest BCUT2D eigenvalue weighted by molar-refractivity contribution is -0.139. The van der Waals surface area contributed by atoms with Crippen molar-refractivity contribution in [1.29, 1.82) is 0 Å². The van der Waals surface area contributed by atoms with E-state index in [0.717, 1.165) is 25.9 Å². The van der Waals surface area contributed by atoms with Crippen molar-refractivity contribution in [2.45, 2.75) is 51.6 Å². The third kappa shape index (κ3) is 4.01. The summed E-state index contributed by atoms with van der Waals surface area (Å²) in [6.07, 6.45) is 3.31. The van der Waals surface area contributed by atoms with Gasteiger partial charge in [-0.05, 0) is 25.2 Å². The third-order valence-corrected chi connectivity index (χ3v) is 3.57. The highest BCUT2D eigenvalue weighted by Gasteiger charge is 2.45. The van der Waals surface area contributed by atoms with Crippen LogP contribution in [0.15, 0.2) is 0 Å². The minimum absolute atomic E-state index is 0.0225. The Morgan fingerprint density at radius 3 is 2.68 bits per heavy atom. The maximum Gasteiger partial charge on any atom is 0.247 e. The molecule has 5 heteroatoms. The Morgan fingerprint density at radius 2 is 2.05 bits per heavy atom. The topological polar surface area (TPSA) is 58.6 Å². The molecule has 1 N–H and O–H groups in total. The highest BCUT2D eigenvalue weighted by atomic mass is 16.5. The molecule has 1 atom stereocenters. The fraction of sp³-hybridized carbons (Fsp3) is 0.857. The molecule has 1 saturated heterocycles. The first-order valence-electron chi connectivity index (χ1n) is 7.26. The molecule has 1 saturated carbocycles. The van der Waals surface area contributed by atoms with Crippen LogP contribution in [0.4, 0.5) is 0 Å². The molecule has 2 aliphatic rings. The van der Waals surface area contributed by atoms with Crippen LogP contribution in [0.25, 0.3) is 0 Å². The Balaban J connectivity index is 1.61. The van der Waals surface area contributed by atoms with Gasteiger partial charge in [0.2, 0.25) is 11.8 Å². The van der Waals surface area contributed by atoms with E-state index in [-0.39, 0.29) is 23.9 Å². The number of likely N-dealkylation sites (tertiary alicyclic amines) is 1. The summed E-state index contributed by atoms with van der Waals surface area (Å²) in [5, 5.41) is 3.13. The fourth-order valence-electron chi connectivity index (χ4n) is 2.25. The Labute approximate surface area is 114 Å². The number of hydrogen-bond acceptors (Lipinski definition) is 4. The number of nitrogens with zero attached hydrogens (tertiary/aromatic N) is 1. The number of imide groups is 1. The van der Waals surface area contributed by atoms with Crippen molar-refractivity contribution >= 4 is 11.8 Å². The quantitative estimate of drug-likeness (QED) is 0.525. The van der Waals surface area contributed by atoms with Crippen molar-refractivity contribution in [2.75, 3.05) is 19.8 Å². The number of carbonyl (C=O) groups excluding carboxylic acids is 2. The van der Waals surface area contributed by atoms with Crippen LogP contribution < -0.4 is 5.32 Å². The van der Waals surface area contributed by atoms with Crippen LogP contribution in [0.5, 0.6) is 0 Å². The Morgan fingerprint density at radius 1 is 1.32 bits per heavy atom. The lowest BCUT2D eigenvalue weighted by atomic mass is 10.1. The molecule has 2 fully saturated rings. The van der Waals surface area contributed by atoms with Crippen molar-refractivity contribution in [1.82, 2.24) is 10.2 Å². The van der Waals surface area contributed by atoms with E-state index in [1.807, 2.05) is 0 Å². The molecule has 0 aromatic carbocycles. The zero-order valence-corrected chi connectivity index (χ0v) is 11.9. The number of hydrogen-bond donors (Lipinski definition) is 1. The molecule has 2 rings (SSSR count). The molecule has 1 heterocycles. The monoisotopic (exact) mass is 268 g/mol. The van der Waals surface area contributed by atoms with Crippen LogP contribution in [-0.2, 0) is 14.3 Å². The average molecular weight is 268 g/mol. The van der Waals surface area contributed by atoms with Crippen LogP contribution in [0.3, 0.4) is 0 Å². The second-order valence-corrected chi connectivity index (χ2v) is 5.84. The maximum absolute atomic E-state index is 12.0. The Bertz CT molecular complexity index is 340. The number of amides is 2. The van der Waals surface area contributed by atoms with Gasteiger partial charge in [-0.2, -0.15) is 0 Å². The molecule has 19 heavy (non-hydrogen) atoms. The average Bonchev–Trinajstić information content (AvgIpc) is 3.12. The molecule has 0 aromatic heterocycles. The minimum Gasteiger partial charge on any atom is -0.380 e. The third-order valence-electron chi connectivity index (χ3n) is 3.57. The smallest absolute Gasteiger partial charge is 0.247 e. The molecule has 108 valence electrons. The van der Waals surface area contributed by atoms with Crippen molar-refractivity contribution in [3.63, 3.8) is 0 Å². The second kappa shape index (κ2) is 6.48. The van der Waals surface area contributed by atoms with Crippen molar-refractivity contribution in [3.8, 4) is 0 Å². The molecule has 5 nitrogen and oxygen atoms in total.